The second kappa shape index (κ2) is 9.14. The Bertz CT molecular complexity index is 788. The summed E-state index contributed by atoms with van der Waals surface area (Å²) in [4.78, 5) is 0. The first-order chi connectivity index (χ1) is 13.8. The molecule has 2 aromatic carbocycles. The van der Waals surface area contributed by atoms with E-state index in [2.05, 4.69) is 11.7 Å². The zero-order valence-corrected chi connectivity index (χ0v) is 16.4. The molecule has 3 rings (SSSR count). The lowest BCUT2D eigenvalue weighted by Crippen LogP contribution is -2.22. The van der Waals surface area contributed by atoms with E-state index < -0.39 is 34.9 Å². The Morgan fingerprint density at radius 1 is 0.897 bits per heavy atom. The van der Waals surface area contributed by atoms with Gasteiger partial charge < -0.3 is 4.74 Å². The Kier molecular flexibility index (Phi) is 6.81. The molecule has 0 atom stereocenters. The van der Waals surface area contributed by atoms with E-state index in [1.54, 1.807) is 12.1 Å². The van der Waals surface area contributed by atoms with Crippen molar-refractivity contribution in [1.29, 1.82) is 0 Å². The molecule has 2 aromatic rings. The van der Waals surface area contributed by atoms with Gasteiger partial charge in [-0.2, -0.15) is 8.78 Å². The van der Waals surface area contributed by atoms with Gasteiger partial charge in [0.05, 0.1) is 5.56 Å². The maximum atomic E-state index is 14.3. The van der Waals surface area contributed by atoms with Crippen LogP contribution in [0.15, 0.2) is 36.4 Å². The van der Waals surface area contributed by atoms with Gasteiger partial charge in [-0.3, -0.25) is 0 Å². The molecule has 0 aliphatic heterocycles. The SMILES string of the molecule is CC[C@H]1CC[C@H](CCc2ccc(C(F)(F)Oc3cc(F)c(F)c(F)c3)cc2)CC1. The van der Waals surface area contributed by atoms with Crippen molar-refractivity contribution < 1.29 is 26.7 Å². The van der Waals surface area contributed by atoms with Gasteiger partial charge in [-0.05, 0) is 42.4 Å². The van der Waals surface area contributed by atoms with Gasteiger partial charge in [0.25, 0.3) is 0 Å². The number of rotatable bonds is 7. The van der Waals surface area contributed by atoms with Crippen molar-refractivity contribution in [3.63, 3.8) is 0 Å². The van der Waals surface area contributed by atoms with Crippen LogP contribution in [-0.2, 0) is 12.5 Å². The second-order valence-corrected chi connectivity index (χ2v) is 7.85. The molecule has 29 heavy (non-hydrogen) atoms. The molecule has 158 valence electrons. The molecule has 0 radical (unpaired) electrons. The molecule has 1 saturated carbocycles. The Morgan fingerprint density at radius 2 is 1.45 bits per heavy atom. The summed E-state index contributed by atoms with van der Waals surface area (Å²) in [6.07, 6.45) is 4.30. The van der Waals surface area contributed by atoms with Crippen LogP contribution in [0, 0.1) is 29.3 Å². The first kappa shape index (κ1) is 21.6. The third kappa shape index (κ3) is 5.49. The lowest BCUT2D eigenvalue weighted by atomic mass is 9.78. The predicted molar refractivity (Wildman–Crippen MR) is 101 cm³/mol. The fraction of sp³-hybridized carbons (Fsp3) is 0.478. The van der Waals surface area contributed by atoms with Crippen molar-refractivity contribution in [2.24, 2.45) is 11.8 Å². The lowest BCUT2D eigenvalue weighted by molar-refractivity contribution is -0.185. The van der Waals surface area contributed by atoms with Crippen LogP contribution in [0.5, 0.6) is 5.75 Å². The first-order valence-corrected chi connectivity index (χ1v) is 10.1. The Balaban J connectivity index is 1.58. The van der Waals surface area contributed by atoms with Crippen LogP contribution < -0.4 is 4.74 Å². The summed E-state index contributed by atoms with van der Waals surface area (Å²) in [7, 11) is 0. The molecule has 1 fully saturated rings. The van der Waals surface area contributed by atoms with Crippen LogP contribution >= 0.6 is 0 Å². The van der Waals surface area contributed by atoms with Crippen LogP contribution in [0.3, 0.4) is 0 Å². The number of hydrogen-bond acceptors (Lipinski definition) is 1. The third-order valence-electron chi connectivity index (χ3n) is 5.88. The molecular formula is C23H25F5O. The molecule has 0 heterocycles. The van der Waals surface area contributed by atoms with Crippen LogP contribution in [0.1, 0.15) is 56.6 Å². The molecular weight excluding hydrogens is 387 g/mol. The average molecular weight is 412 g/mol. The highest BCUT2D eigenvalue weighted by Gasteiger charge is 2.35. The number of alkyl halides is 2. The van der Waals surface area contributed by atoms with E-state index in [4.69, 9.17) is 0 Å². The summed E-state index contributed by atoms with van der Waals surface area (Å²) in [5, 5.41) is 0. The summed E-state index contributed by atoms with van der Waals surface area (Å²) < 4.78 is 72.5. The van der Waals surface area contributed by atoms with E-state index in [9.17, 15) is 22.0 Å². The molecule has 0 unspecified atom stereocenters. The quantitative estimate of drug-likeness (QED) is 0.340. The molecule has 1 aliphatic carbocycles. The minimum absolute atomic E-state index is 0.397. The van der Waals surface area contributed by atoms with Crippen molar-refractivity contribution in [3.8, 4) is 5.75 Å². The maximum Gasteiger partial charge on any atom is 0.426 e. The number of halogens is 5. The van der Waals surface area contributed by atoms with Gasteiger partial charge >= 0.3 is 6.11 Å². The highest BCUT2D eigenvalue weighted by molar-refractivity contribution is 5.29. The summed E-state index contributed by atoms with van der Waals surface area (Å²) in [6.45, 7) is 2.23. The summed E-state index contributed by atoms with van der Waals surface area (Å²) in [5.74, 6) is -4.15. The summed E-state index contributed by atoms with van der Waals surface area (Å²) >= 11 is 0. The van der Waals surface area contributed by atoms with E-state index in [1.165, 1.54) is 44.2 Å². The highest BCUT2D eigenvalue weighted by atomic mass is 19.3. The smallest absolute Gasteiger partial charge is 0.426 e. The van der Waals surface area contributed by atoms with Crippen molar-refractivity contribution in [2.75, 3.05) is 0 Å². The minimum Gasteiger partial charge on any atom is -0.429 e. The van der Waals surface area contributed by atoms with E-state index in [0.717, 1.165) is 24.3 Å². The van der Waals surface area contributed by atoms with Gasteiger partial charge in [-0.25, -0.2) is 13.2 Å². The fourth-order valence-corrected chi connectivity index (χ4v) is 3.96. The molecule has 0 N–H and O–H groups in total. The average Bonchev–Trinajstić information content (AvgIpc) is 2.71. The van der Waals surface area contributed by atoms with E-state index in [1.807, 2.05) is 0 Å². The summed E-state index contributed by atoms with van der Waals surface area (Å²) in [6, 6.07) is 6.53. The Hall–Kier alpha value is -2.11. The fourth-order valence-electron chi connectivity index (χ4n) is 3.96. The molecule has 0 saturated heterocycles. The van der Waals surface area contributed by atoms with Gasteiger partial charge in [0, 0.05) is 12.1 Å². The Morgan fingerprint density at radius 3 is 2.00 bits per heavy atom. The van der Waals surface area contributed by atoms with Crippen LogP contribution in [0.2, 0.25) is 0 Å². The molecule has 0 aromatic heterocycles. The van der Waals surface area contributed by atoms with E-state index in [-0.39, 0.29) is 0 Å². The highest BCUT2D eigenvalue weighted by Crippen LogP contribution is 2.35. The number of benzene rings is 2. The van der Waals surface area contributed by atoms with Crippen molar-refractivity contribution in [3.05, 3.63) is 65.0 Å². The normalized spacial score (nSPS) is 19.9. The largest absolute Gasteiger partial charge is 0.429 e. The van der Waals surface area contributed by atoms with Crippen molar-refractivity contribution in [1.82, 2.24) is 0 Å². The standard InChI is InChI=1S/C23H25F5O/c1-2-15-3-5-16(6-4-15)7-8-17-9-11-18(12-10-17)23(27,28)29-19-13-20(24)22(26)21(25)14-19/h9-16H,2-8H2,1H3/t15-,16-. The van der Waals surface area contributed by atoms with Crippen LogP contribution in [0.4, 0.5) is 22.0 Å². The molecule has 0 bridgehead atoms. The van der Waals surface area contributed by atoms with Gasteiger partial charge in [-0.1, -0.05) is 51.2 Å². The Labute approximate surface area is 167 Å². The number of aryl methyl sites for hydroxylation is 1. The zero-order chi connectivity index (χ0) is 21.0. The van der Waals surface area contributed by atoms with E-state index in [0.29, 0.717) is 18.1 Å². The molecule has 0 amide bonds. The van der Waals surface area contributed by atoms with Gasteiger partial charge in [0.15, 0.2) is 17.5 Å². The number of hydrogen-bond donors (Lipinski definition) is 0. The molecule has 1 nitrogen and oxygen atoms in total. The van der Waals surface area contributed by atoms with Gasteiger partial charge in [-0.15, -0.1) is 0 Å². The van der Waals surface area contributed by atoms with Gasteiger partial charge in [0.1, 0.15) is 5.75 Å². The topological polar surface area (TPSA) is 9.23 Å². The lowest BCUT2D eigenvalue weighted by Gasteiger charge is -2.27. The molecule has 6 heteroatoms. The maximum absolute atomic E-state index is 14.3. The second-order valence-electron chi connectivity index (χ2n) is 7.85. The number of ether oxygens (including phenoxy) is 1. The predicted octanol–water partition coefficient (Wildman–Crippen LogP) is 7.38. The van der Waals surface area contributed by atoms with Gasteiger partial charge in [0.2, 0.25) is 0 Å². The third-order valence-corrected chi connectivity index (χ3v) is 5.88. The molecule has 1 aliphatic rings. The zero-order valence-electron chi connectivity index (χ0n) is 16.4. The van der Waals surface area contributed by atoms with Crippen LogP contribution in [-0.4, -0.2) is 0 Å². The monoisotopic (exact) mass is 412 g/mol. The van der Waals surface area contributed by atoms with Crippen molar-refractivity contribution in [2.45, 2.75) is 58.0 Å². The summed E-state index contributed by atoms with van der Waals surface area (Å²) in [5.41, 5.74) is 0.524. The first-order valence-electron chi connectivity index (χ1n) is 10.1. The van der Waals surface area contributed by atoms with E-state index >= 15 is 0 Å². The van der Waals surface area contributed by atoms with Crippen LogP contribution in [0.25, 0.3) is 0 Å². The minimum atomic E-state index is -3.80. The van der Waals surface area contributed by atoms with Crippen molar-refractivity contribution >= 4 is 0 Å². The molecule has 0 spiro atoms.